The third-order valence-corrected chi connectivity index (χ3v) is 13.5. The zero-order chi connectivity index (χ0) is 49.9. The molecule has 0 saturated carbocycles. The van der Waals surface area contributed by atoms with Gasteiger partial charge in [0.1, 0.15) is 30.5 Å². The summed E-state index contributed by atoms with van der Waals surface area (Å²) in [5.74, 6) is -0.311. The van der Waals surface area contributed by atoms with Crippen LogP contribution in [0.4, 0.5) is 0 Å². The number of aliphatic hydroxyl groups excluding tert-OH is 4. The Morgan fingerprint density at radius 2 is 0.884 bits per heavy atom. The Balaban J connectivity index is 2.14. The predicted molar refractivity (Wildman–Crippen MR) is 288 cm³/mol. The molecule has 9 heteroatoms. The number of allylic oxidation sites excluding steroid dienone is 8. The van der Waals surface area contributed by atoms with Crippen molar-refractivity contribution < 1.29 is 44.2 Å². The first-order chi connectivity index (χ1) is 33.9. The van der Waals surface area contributed by atoms with Gasteiger partial charge in [0, 0.05) is 13.0 Å². The lowest BCUT2D eigenvalue weighted by Crippen LogP contribution is -2.59. The molecule has 0 aliphatic carbocycles. The van der Waals surface area contributed by atoms with Crippen molar-refractivity contribution in [3.8, 4) is 0 Å². The van der Waals surface area contributed by atoms with E-state index in [1.165, 1.54) is 180 Å². The van der Waals surface area contributed by atoms with E-state index in [0.29, 0.717) is 13.0 Å². The van der Waals surface area contributed by atoms with Crippen molar-refractivity contribution in [1.29, 1.82) is 0 Å². The summed E-state index contributed by atoms with van der Waals surface area (Å²) in [4.78, 5) is 12.9. The Morgan fingerprint density at radius 1 is 0.478 bits per heavy atom. The number of carbonyl (C=O) groups excluding carboxylic acids is 1. The third kappa shape index (κ3) is 41.3. The van der Waals surface area contributed by atoms with Crippen LogP contribution < -0.4 is 0 Å². The number of unbranched alkanes of at least 4 members (excludes halogenated alkanes) is 32. The van der Waals surface area contributed by atoms with Crippen LogP contribution in [-0.4, -0.2) is 89.6 Å². The largest absolute Gasteiger partial charge is 0.457 e. The maximum absolute atomic E-state index is 12.9. The van der Waals surface area contributed by atoms with Gasteiger partial charge in [-0.2, -0.15) is 0 Å². The van der Waals surface area contributed by atoms with Crippen molar-refractivity contribution in [1.82, 2.24) is 0 Å². The fourth-order valence-corrected chi connectivity index (χ4v) is 9.02. The Bertz CT molecular complexity index is 1200. The summed E-state index contributed by atoms with van der Waals surface area (Å²) in [5.41, 5.74) is 0. The molecular formula is C60H110O9. The summed E-state index contributed by atoms with van der Waals surface area (Å²) in [6.07, 6.45) is 58.8. The molecule has 1 aliphatic heterocycles. The highest BCUT2D eigenvalue weighted by Gasteiger charge is 2.44. The number of hydrogen-bond acceptors (Lipinski definition) is 9. The zero-order valence-electron chi connectivity index (χ0n) is 44.8. The fourth-order valence-electron chi connectivity index (χ4n) is 9.02. The monoisotopic (exact) mass is 975 g/mol. The number of rotatable bonds is 51. The van der Waals surface area contributed by atoms with E-state index in [-0.39, 0.29) is 19.2 Å². The van der Waals surface area contributed by atoms with Gasteiger partial charge in [0.15, 0.2) is 6.29 Å². The van der Waals surface area contributed by atoms with Gasteiger partial charge in [-0.15, -0.1) is 0 Å². The predicted octanol–water partition coefficient (Wildman–Crippen LogP) is 15.2. The molecule has 6 unspecified atom stereocenters. The van der Waals surface area contributed by atoms with Crippen LogP contribution in [0.3, 0.4) is 0 Å². The van der Waals surface area contributed by atoms with Crippen molar-refractivity contribution in [3.63, 3.8) is 0 Å². The van der Waals surface area contributed by atoms with Gasteiger partial charge in [-0.05, 0) is 51.4 Å². The van der Waals surface area contributed by atoms with Gasteiger partial charge in [-0.25, -0.2) is 0 Å². The van der Waals surface area contributed by atoms with Crippen molar-refractivity contribution in [2.75, 3.05) is 26.4 Å². The lowest BCUT2D eigenvalue weighted by atomic mass is 9.99. The second-order valence-electron chi connectivity index (χ2n) is 20.1. The highest BCUT2D eigenvalue weighted by atomic mass is 16.7. The lowest BCUT2D eigenvalue weighted by Gasteiger charge is -2.39. The molecule has 1 heterocycles. The van der Waals surface area contributed by atoms with E-state index in [9.17, 15) is 25.2 Å². The Morgan fingerprint density at radius 3 is 1.33 bits per heavy atom. The molecule has 0 spiro atoms. The van der Waals surface area contributed by atoms with Gasteiger partial charge in [0.2, 0.25) is 0 Å². The van der Waals surface area contributed by atoms with Gasteiger partial charge < -0.3 is 39.4 Å². The number of carbonyl (C=O) groups is 1. The average Bonchev–Trinajstić information content (AvgIpc) is 3.35. The molecular weight excluding hydrogens is 865 g/mol. The first-order valence-corrected chi connectivity index (χ1v) is 29.2. The van der Waals surface area contributed by atoms with Crippen LogP contribution in [0.2, 0.25) is 0 Å². The molecule has 1 saturated heterocycles. The second-order valence-corrected chi connectivity index (χ2v) is 20.1. The Hall–Kier alpha value is -1.85. The van der Waals surface area contributed by atoms with E-state index in [4.69, 9.17) is 18.9 Å². The molecule has 0 radical (unpaired) electrons. The maximum atomic E-state index is 12.9. The molecule has 0 aromatic carbocycles. The minimum atomic E-state index is -1.54. The minimum Gasteiger partial charge on any atom is -0.457 e. The van der Waals surface area contributed by atoms with Crippen molar-refractivity contribution in [2.45, 2.75) is 301 Å². The summed E-state index contributed by atoms with van der Waals surface area (Å²) in [6.45, 7) is 4.48. The highest BCUT2D eigenvalue weighted by molar-refractivity contribution is 5.69. The number of hydrogen-bond donors (Lipinski definition) is 4. The molecule has 0 aromatic rings. The third-order valence-electron chi connectivity index (χ3n) is 13.5. The Labute approximate surface area is 424 Å². The van der Waals surface area contributed by atoms with Crippen LogP contribution in [0, 0.1) is 0 Å². The van der Waals surface area contributed by atoms with E-state index in [1.54, 1.807) is 0 Å². The fraction of sp³-hybridized carbons (Fsp3) is 0.850. The lowest BCUT2D eigenvalue weighted by molar-refractivity contribution is -0.305. The van der Waals surface area contributed by atoms with Crippen LogP contribution in [0.1, 0.15) is 264 Å². The molecule has 1 rings (SSSR count). The molecule has 0 amide bonds. The smallest absolute Gasteiger partial charge is 0.306 e. The standard InChI is InChI=1S/C60H110O9/c1-3-5-7-9-11-13-15-17-19-21-23-25-27-28-29-31-33-35-37-39-41-43-45-47-49-56(62)68-54(53-67-60-59(65)58(64)57(63)55(51-61)69-60)52-66-50-48-46-44-42-40-38-36-34-32-30-26-24-22-20-18-16-14-12-10-8-6-4-2/h6,8,12,14,18,20,24,26,54-55,57-61,63-65H,3-5,7,9-11,13,15-17,19,21-23,25,27-53H2,1-2H3/b8-6-,14-12-,20-18-,26-24-. The molecule has 1 aliphatic rings. The molecule has 4 N–H and O–H groups in total. The van der Waals surface area contributed by atoms with E-state index < -0.39 is 43.4 Å². The second kappa shape index (κ2) is 51.1. The minimum absolute atomic E-state index is 0.114. The summed E-state index contributed by atoms with van der Waals surface area (Å²) in [5, 5.41) is 40.4. The molecule has 69 heavy (non-hydrogen) atoms. The highest BCUT2D eigenvalue weighted by Crippen LogP contribution is 2.23. The summed E-state index contributed by atoms with van der Waals surface area (Å²) < 4.78 is 23.0. The molecule has 0 aromatic heterocycles. The maximum Gasteiger partial charge on any atom is 0.306 e. The van der Waals surface area contributed by atoms with E-state index in [2.05, 4.69) is 62.5 Å². The van der Waals surface area contributed by atoms with E-state index >= 15 is 0 Å². The topological polar surface area (TPSA) is 135 Å². The SMILES string of the molecule is CC/C=C\C/C=C\C/C=C\C/C=C\CCCCCCCCCCCOCC(COC1OC(CO)C(O)C(O)C1O)OC(=O)CCCCCCCCCCCCCCCCCCCCCCCCCC. The zero-order valence-corrected chi connectivity index (χ0v) is 44.8. The normalized spacial score (nSPS) is 19.3. The van der Waals surface area contributed by atoms with Gasteiger partial charge in [-0.1, -0.05) is 255 Å². The first kappa shape index (κ1) is 65.2. The van der Waals surface area contributed by atoms with Gasteiger partial charge >= 0.3 is 5.97 Å². The number of aliphatic hydroxyl groups is 4. The van der Waals surface area contributed by atoms with Crippen molar-refractivity contribution in [3.05, 3.63) is 48.6 Å². The summed E-state index contributed by atoms with van der Waals surface area (Å²) in [7, 11) is 0. The number of ether oxygens (including phenoxy) is 4. The molecule has 1 fully saturated rings. The van der Waals surface area contributed by atoms with Gasteiger partial charge in [-0.3, -0.25) is 4.79 Å². The van der Waals surface area contributed by atoms with E-state index in [1.807, 2.05) is 0 Å². The average molecular weight is 976 g/mol. The van der Waals surface area contributed by atoms with Crippen LogP contribution in [0.15, 0.2) is 48.6 Å². The first-order valence-electron chi connectivity index (χ1n) is 29.2. The van der Waals surface area contributed by atoms with E-state index in [0.717, 1.165) is 64.2 Å². The Kier molecular flexibility index (Phi) is 48.2. The van der Waals surface area contributed by atoms with Crippen LogP contribution in [0.25, 0.3) is 0 Å². The molecule has 404 valence electrons. The number of esters is 1. The van der Waals surface area contributed by atoms with Crippen LogP contribution in [-0.2, 0) is 23.7 Å². The molecule has 6 atom stereocenters. The quantitative estimate of drug-likeness (QED) is 0.0267. The van der Waals surface area contributed by atoms with Gasteiger partial charge in [0.25, 0.3) is 0 Å². The molecule has 0 bridgehead atoms. The van der Waals surface area contributed by atoms with Crippen LogP contribution in [0.5, 0.6) is 0 Å². The summed E-state index contributed by atoms with van der Waals surface area (Å²) in [6, 6.07) is 0. The van der Waals surface area contributed by atoms with Crippen molar-refractivity contribution >= 4 is 5.97 Å². The van der Waals surface area contributed by atoms with Crippen LogP contribution >= 0.6 is 0 Å². The van der Waals surface area contributed by atoms with Crippen molar-refractivity contribution in [2.24, 2.45) is 0 Å². The molecule has 9 nitrogen and oxygen atoms in total. The van der Waals surface area contributed by atoms with Gasteiger partial charge in [0.05, 0.1) is 19.8 Å². The summed E-state index contributed by atoms with van der Waals surface area (Å²) >= 11 is 0.